The van der Waals surface area contributed by atoms with Crippen molar-refractivity contribution in [2.45, 2.75) is 18.9 Å². The van der Waals surface area contributed by atoms with Gasteiger partial charge in [-0.15, -0.1) is 0 Å². The second-order valence-corrected chi connectivity index (χ2v) is 6.42. The van der Waals surface area contributed by atoms with Crippen molar-refractivity contribution in [1.29, 1.82) is 0 Å². The number of furan rings is 1. The molecule has 142 valence electrons. The van der Waals surface area contributed by atoms with Gasteiger partial charge in [0.1, 0.15) is 11.6 Å². The van der Waals surface area contributed by atoms with E-state index in [4.69, 9.17) is 8.83 Å². The number of carbonyl (C=O) groups excluding carboxylic acids is 1. The highest BCUT2D eigenvalue weighted by Crippen LogP contribution is 2.21. The summed E-state index contributed by atoms with van der Waals surface area (Å²) < 4.78 is 24.1. The van der Waals surface area contributed by atoms with Crippen molar-refractivity contribution in [1.82, 2.24) is 15.2 Å². The molecule has 0 aliphatic rings. The number of benzene rings is 1. The molecule has 3 rings (SSSR count). The van der Waals surface area contributed by atoms with Crippen molar-refractivity contribution in [2.75, 3.05) is 20.6 Å². The molecule has 27 heavy (non-hydrogen) atoms. The maximum atomic E-state index is 13.0. The van der Waals surface area contributed by atoms with Gasteiger partial charge in [0.25, 0.3) is 0 Å². The monoisotopic (exact) mass is 371 g/mol. The molecule has 0 bridgehead atoms. The maximum absolute atomic E-state index is 13.0. The first-order valence-electron chi connectivity index (χ1n) is 8.70. The number of nitrogens with zero attached hydrogens (tertiary/aromatic N) is 2. The molecule has 1 N–H and O–H groups in total. The Labute approximate surface area is 157 Å². The molecule has 1 aromatic carbocycles. The van der Waals surface area contributed by atoms with E-state index in [0.717, 1.165) is 11.3 Å². The smallest absolute Gasteiger partial charge is 0.220 e. The number of rotatable bonds is 8. The van der Waals surface area contributed by atoms with E-state index in [1.165, 1.54) is 12.1 Å². The van der Waals surface area contributed by atoms with Gasteiger partial charge in [0.15, 0.2) is 11.7 Å². The molecule has 6 nitrogen and oxygen atoms in total. The first-order chi connectivity index (χ1) is 13.0. The molecule has 1 atom stereocenters. The van der Waals surface area contributed by atoms with Gasteiger partial charge >= 0.3 is 0 Å². The summed E-state index contributed by atoms with van der Waals surface area (Å²) in [5, 5.41) is 2.92. The van der Waals surface area contributed by atoms with E-state index in [0.29, 0.717) is 24.6 Å². The zero-order chi connectivity index (χ0) is 19.2. The van der Waals surface area contributed by atoms with Gasteiger partial charge in [0.05, 0.1) is 18.5 Å². The highest BCUT2D eigenvalue weighted by atomic mass is 19.1. The van der Waals surface area contributed by atoms with E-state index in [2.05, 4.69) is 10.3 Å². The number of hydrogen-bond acceptors (Lipinski definition) is 5. The number of amides is 1. The van der Waals surface area contributed by atoms with Crippen LogP contribution in [0, 0.1) is 5.82 Å². The van der Waals surface area contributed by atoms with Crippen LogP contribution in [-0.4, -0.2) is 36.4 Å². The van der Waals surface area contributed by atoms with Crippen LogP contribution in [0.2, 0.25) is 0 Å². The van der Waals surface area contributed by atoms with Gasteiger partial charge in [-0.3, -0.25) is 9.69 Å². The van der Waals surface area contributed by atoms with Crippen LogP contribution < -0.4 is 5.32 Å². The molecular formula is C20H22FN3O3. The molecule has 7 heteroatoms. The molecule has 0 fully saturated rings. The molecule has 0 aliphatic carbocycles. The lowest BCUT2D eigenvalue weighted by molar-refractivity contribution is -0.121. The van der Waals surface area contributed by atoms with Gasteiger partial charge < -0.3 is 14.2 Å². The second kappa shape index (κ2) is 8.64. The summed E-state index contributed by atoms with van der Waals surface area (Å²) in [5.74, 6) is 1.43. The minimum Gasteiger partial charge on any atom is -0.468 e. The third kappa shape index (κ3) is 5.04. The highest BCUT2D eigenvalue weighted by molar-refractivity contribution is 5.76. The summed E-state index contributed by atoms with van der Waals surface area (Å²) in [4.78, 5) is 18.3. The van der Waals surface area contributed by atoms with Crippen LogP contribution in [0.5, 0.6) is 0 Å². The fourth-order valence-electron chi connectivity index (χ4n) is 2.71. The lowest BCUT2D eigenvalue weighted by Gasteiger charge is -2.22. The first-order valence-corrected chi connectivity index (χ1v) is 8.70. The largest absolute Gasteiger partial charge is 0.468 e. The number of oxazole rings is 1. The fraction of sp³-hybridized carbons (Fsp3) is 0.300. The SMILES string of the molecule is CN(C)C(CNC(=O)CCc1ncc(-c2ccc(F)cc2)o1)c1ccco1. The third-order valence-electron chi connectivity index (χ3n) is 4.24. The topological polar surface area (TPSA) is 71.5 Å². The summed E-state index contributed by atoms with van der Waals surface area (Å²) in [5.41, 5.74) is 0.742. The summed E-state index contributed by atoms with van der Waals surface area (Å²) in [6, 6.07) is 9.67. The zero-order valence-electron chi connectivity index (χ0n) is 15.3. The lowest BCUT2D eigenvalue weighted by Crippen LogP contribution is -2.34. The Morgan fingerprint density at radius 3 is 2.70 bits per heavy atom. The van der Waals surface area contributed by atoms with E-state index in [9.17, 15) is 9.18 Å². The molecule has 1 unspecified atom stereocenters. The molecule has 0 saturated heterocycles. The van der Waals surface area contributed by atoms with Crippen LogP contribution in [0.4, 0.5) is 4.39 Å². The molecule has 0 spiro atoms. The molecule has 0 radical (unpaired) electrons. The molecule has 0 aliphatic heterocycles. The van der Waals surface area contributed by atoms with Crippen LogP contribution >= 0.6 is 0 Å². The zero-order valence-corrected chi connectivity index (χ0v) is 15.3. The minimum atomic E-state index is -0.305. The fourth-order valence-corrected chi connectivity index (χ4v) is 2.71. The number of likely N-dealkylation sites (N-methyl/N-ethyl adjacent to an activating group) is 1. The Kier molecular flexibility index (Phi) is 6.03. The van der Waals surface area contributed by atoms with E-state index in [1.54, 1.807) is 24.6 Å². The van der Waals surface area contributed by atoms with Crippen molar-refractivity contribution in [3.05, 3.63) is 66.3 Å². The Hall–Kier alpha value is -2.93. The number of halogens is 1. The van der Waals surface area contributed by atoms with Crippen molar-refractivity contribution >= 4 is 5.91 Å². The number of carbonyl (C=O) groups is 1. The predicted molar refractivity (Wildman–Crippen MR) is 98.4 cm³/mol. The summed E-state index contributed by atoms with van der Waals surface area (Å²) in [6.45, 7) is 0.450. The van der Waals surface area contributed by atoms with Gasteiger partial charge in [-0.1, -0.05) is 0 Å². The average molecular weight is 371 g/mol. The molecule has 1 amide bonds. The van der Waals surface area contributed by atoms with E-state index >= 15 is 0 Å². The van der Waals surface area contributed by atoms with E-state index in [1.807, 2.05) is 31.1 Å². The summed E-state index contributed by atoms with van der Waals surface area (Å²) >= 11 is 0. The quantitative estimate of drug-likeness (QED) is 0.657. The van der Waals surface area contributed by atoms with Crippen molar-refractivity contribution in [3.63, 3.8) is 0 Å². The molecule has 0 saturated carbocycles. The maximum Gasteiger partial charge on any atom is 0.220 e. The first kappa shape index (κ1) is 18.8. The Morgan fingerprint density at radius 2 is 2.04 bits per heavy atom. The predicted octanol–water partition coefficient (Wildman–Crippen LogP) is 3.43. The molecule has 3 aromatic rings. The van der Waals surface area contributed by atoms with Crippen molar-refractivity contribution in [2.24, 2.45) is 0 Å². The summed E-state index contributed by atoms with van der Waals surface area (Å²) in [6.07, 6.45) is 3.86. The van der Waals surface area contributed by atoms with Crippen LogP contribution in [0.3, 0.4) is 0 Å². The van der Waals surface area contributed by atoms with Gasteiger partial charge in [-0.2, -0.15) is 0 Å². The van der Waals surface area contributed by atoms with Crippen LogP contribution in [-0.2, 0) is 11.2 Å². The van der Waals surface area contributed by atoms with Gasteiger partial charge in [-0.05, 0) is 50.5 Å². The lowest BCUT2D eigenvalue weighted by atomic mass is 10.2. The number of nitrogens with one attached hydrogen (secondary N) is 1. The number of aryl methyl sites for hydroxylation is 1. The molecule has 2 aromatic heterocycles. The van der Waals surface area contributed by atoms with Gasteiger partial charge in [0.2, 0.25) is 5.91 Å². The minimum absolute atomic E-state index is 0.0317. The van der Waals surface area contributed by atoms with Crippen molar-refractivity contribution in [3.8, 4) is 11.3 Å². The highest BCUT2D eigenvalue weighted by Gasteiger charge is 2.18. The summed E-state index contributed by atoms with van der Waals surface area (Å²) in [7, 11) is 3.87. The van der Waals surface area contributed by atoms with Gasteiger partial charge in [0, 0.05) is 24.9 Å². The normalized spacial score (nSPS) is 12.3. The van der Waals surface area contributed by atoms with Crippen molar-refractivity contribution < 1.29 is 18.0 Å². The van der Waals surface area contributed by atoms with Crippen LogP contribution in [0.15, 0.2) is 57.7 Å². The van der Waals surface area contributed by atoms with E-state index < -0.39 is 0 Å². The number of hydrogen-bond donors (Lipinski definition) is 1. The third-order valence-corrected chi connectivity index (χ3v) is 4.24. The second-order valence-electron chi connectivity index (χ2n) is 6.42. The average Bonchev–Trinajstić information content (AvgIpc) is 3.33. The number of aromatic nitrogens is 1. The van der Waals surface area contributed by atoms with Crippen LogP contribution in [0.1, 0.15) is 24.1 Å². The molecular weight excluding hydrogens is 349 g/mol. The Balaban J connectivity index is 1.50. The standard InChI is InChI=1S/C20H22FN3O3/c1-24(2)16(17-4-3-11-26-17)12-22-19(25)9-10-20-23-13-18(27-20)14-5-7-15(21)8-6-14/h3-8,11,13,16H,9-10,12H2,1-2H3,(H,22,25). The Bertz CT molecular complexity index is 857. The Morgan fingerprint density at radius 1 is 1.26 bits per heavy atom. The van der Waals surface area contributed by atoms with Crippen LogP contribution in [0.25, 0.3) is 11.3 Å². The van der Waals surface area contributed by atoms with E-state index in [-0.39, 0.29) is 24.2 Å². The van der Waals surface area contributed by atoms with Gasteiger partial charge in [-0.25, -0.2) is 9.37 Å². The molecule has 2 heterocycles.